The third-order valence-electron chi connectivity index (χ3n) is 4.38. The molecule has 2 saturated carbocycles. The van der Waals surface area contributed by atoms with Gasteiger partial charge in [0.2, 0.25) is 0 Å². The van der Waals surface area contributed by atoms with Gasteiger partial charge >= 0.3 is 5.97 Å². The molecule has 1 N–H and O–H groups in total. The van der Waals surface area contributed by atoms with Crippen LogP contribution in [-0.4, -0.2) is 16.1 Å². The topological polar surface area (TPSA) is 50.2 Å². The number of nitrogens with zero attached hydrogens (tertiary/aromatic N) is 1. The third kappa shape index (κ3) is 2.22. The molecule has 0 radical (unpaired) electrons. The number of aromatic nitrogens is 1. The lowest BCUT2D eigenvalue weighted by Gasteiger charge is -2.14. The second kappa shape index (κ2) is 4.55. The van der Waals surface area contributed by atoms with E-state index in [1.807, 2.05) is 0 Å². The third-order valence-corrected chi connectivity index (χ3v) is 5.56. The molecule has 0 spiro atoms. The largest absolute Gasteiger partial charge is 0.481 e. The number of thiazole rings is 1. The monoisotopic (exact) mass is 287 g/mol. The van der Waals surface area contributed by atoms with E-state index in [0.717, 1.165) is 23.9 Å². The van der Waals surface area contributed by atoms with Crippen LogP contribution in [-0.2, 0) is 4.79 Å². The number of hydrogen-bond donors (Lipinski definition) is 1. The molecule has 2 fully saturated rings. The first-order valence-corrected chi connectivity index (χ1v) is 8.15. The summed E-state index contributed by atoms with van der Waals surface area (Å²) in [7, 11) is 0. The Hall–Kier alpha value is -1.42. The minimum atomic E-state index is -0.698. The summed E-state index contributed by atoms with van der Waals surface area (Å²) in [6, 6.07) is 6.27. The summed E-state index contributed by atoms with van der Waals surface area (Å²) in [5, 5.41) is 10.4. The van der Waals surface area contributed by atoms with Gasteiger partial charge in [0.25, 0.3) is 0 Å². The number of benzene rings is 1. The summed E-state index contributed by atoms with van der Waals surface area (Å²) >= 11 is 1.79. The fraction of sp³-hybridized carbons (Fsp3) is 0.500. The Balaban J connectivity index is 1.78. The van der Waals surface area contributed by atoms with E-state index in [1.165, 1.54) is 22.5 Å². The molecule has 2 aliphatic rings. The highest BCUT2D eigenvalue weighted by Crippen LogP contribution is 2.48. The molecule has 1 unspecified atom stereocenters. The molecule has 0 saturated heterocycles. The first-order valence-electron chi connectivity index (χ1n) is 7.33. The molecule has 0 bridgehead atoms. The molecule has 4 rings (SSSR count). The van der Waals surface area contributed by atoms with Crippen molar-refractivity contribution in [1.82, 2.24) is 4.98 Å². The van der Waals surface area contributed by atoms with Gasteiger partial charge in [0.05, 0.1) is 21.6 Å². The fourth-order valence-electron chi connectivity index (χ4n) is 3.01. The first kappa shape index (κ1) is 12.3. The average Bonchev–Trinajstić information content (AvgIpc) is 3.31. The average molecular weight is 287 g/mol. The molecule has 0 amide bonds. The van der Waals surface area contributed by atoms with Crippen molar-refractivity contribution in [1.29, 1.82) is 0 Å². The van der Waals surface area contributed by atoms with Crippen LogP contribution >= 0.6 is 11.3 Å². The van der Waals surface area contributed by atoms with Gasteiger partial charge in [-0.2, -0.15) is 0 Å². The van der Waals surface area contributed by atoms with Gasteiger partial charge in [0.1, 0.15) is 0 Å². The van der Waals surface area contributed by atoms with Gasteiger partial charge in [-0.3, -0.25) is 4.79 Å². The van der Waals surface area contributed by atoms with Gasteiger partial charge < -0.3 is 5.11 Å². The van der Waals surface area contributed by atoms with Crippen molar-refractivity contribution in [3.8, 4) is 0 Å². The summed E-state index contributed by atoms with van der Waals surface area (Å²) in [6.45, 7) is 0. The Labute approximate surface area is 121 Å². The molecule has 1 heterocycles. The van der Waals surface area contributed by atoms with Crippen LogP contribution in [0.1, 0.15) is 54.5 Å². The highest BCUT2D eigenvalue weighted by molar-refractivity contribution is 7.18. The second-order valence-corrected chi connectivity index (χ2v) is 7.12. The zero-order chi connectivity index (χ0) is 13.7. The highest BCUT2D eigenvalue weighted by atomic mass is 32.1. The van der Waals surface area contributed by atoms with Crippen LogP contribution in [0.2, 0.25) is 0 Å². The SMILES string of the molecule is O=C(O)CC(c1cccc2sc(C3CC3)nc12)C1CC1. The lowest BCUT2D eigenvalue weighted by atomic mass is 9.90. The van der Waals surface area contributed by atoms with E-state index in [2.05, 4.69) is 18.2 Å². The summed E-state index contributed by atoms with van der Waals surface area (Å²) in [6.07, 6.45) is 5.08. The number of hydrogen-bond acceptors (Lipinski definition) is 3. The van der Waals surface area contributed by atoms with Gasteiger partial charge in [-0.05, 0) is 49.1 Å². The number of fused-ring (bicyclic) bond motifs is 1. The van der Waals surface area contributed by atoms with Gasteiger partial charge in [-0.1, -0.05) is 12.1 Å². The zero-order valence-electron chi connectivity index (χ0n) is 11.2. The van der Waals surface area contributed by atoms with Crippen LogP contribution in [0.25, 0.3) is 10.2 Å². The van der Waals surface area contributed by atoms with Crippen molar-refractivity contribution < 1.29 is 9.90 Å². The highest BCUT2D eigenvalue weighted by Gasteiger charge is 2.35. The summed E-state index contributed by atoms with van der Waals surface area (Å²) < 4.78 is 1.22. The Morgan fingerprint density at radius 2 is 2.15 bits per heavy atom. The van der Waals surface area contributed by atoms with Gasteiger partial charge in [-0.25, -0.2) is 4.98 Å². The number of para-hydroxylation sites is 1. The lowest BCUT2D eigenvalue weighted by Crippen LogP contribution is -2.08. The number of aliphatic carboxylic acids is 1. The molecular weight excluding hydrogens is 270 g/mol. The normalized spacial score (nSPS) is 20.2. The van der Waals surface area contributed by atoms with Crippen molar-refractivity contribution >= 4 is 27.5 Å². The number of carboxylic acid groups (broad SMARTS) is 1. The molecule has 2 aliphatic carbocycles. The maximum Gasteiger partial charge on any atom is 0.303 e. The number of carbonyl (C=O) groups is 1. The van der Waals surface area contributed by atoms with E-state index in [9.17, 15) is 9.90 Å². The smallest absolute Gasteiger partial charge is 0.303 e. The number of rotatable bonds is 5. The maximum absolute atomic E-state index is 11.2. The Kier molecular flexibility index (Phi) is 2.81. The van der Waals surface area contributed by atoms with Gasteiger partial charge in [0.15, 0.2) is 0 Å². The maximum atomic E-state index is 11.2. The first-order chi connectivity index (χ1) is 9.72. The van der Waals surface area contributed by atoms with Gasteiger partial charge in [-0.15, -0.1) is 11.3 Å². The molecule has 1 aromatic heterocycles. The van der Waals surface area contributed by atoms with Crippen molar-refractivity contribution in [3.05, 3.63) is 28.8 Å². The second-order valence-electron chi connectivity index (χ2n) is 6.06. The minimum Gasteiger partial charge on any atom is -0.481 e. The molecule has 1 atom stereocenters. The van der Waals surface area contributed by atoms with Crippen molar-refractivity contribution in [2.75, 3.05) is 0 Å². The quantitative estimate of drug-likeness (QED) is 0.899. The van der Waals surface area contributed by atoms with E-state index in [4.69, 9.17) is 4.98 Å². The molecule has 1 aromatic carbocycles. The standard InChI is InChI=1S/C16H17NO2S/c18-14(19)8-12(9-4-5-9)11-2-1-3-13-15(11)17-16(20-13)10-6-7-10/h1-3,9-10,12H,4-8H2,(H,18,19). The van der Waals surface area contributed by atoms with Crippen LogP contribution in [0.5, 0.6) is 0 Å². The minimum absolute atomic E-state index is 0.144. The van der Waals surface area contributed by atoms with Crippen molar-refractivity contribution in [2.24, 2.45) is 5.92 Å². The molecule has 0 aliphatic heterocycles. The van der Waals surface area contributed by atoms with Crippen LogP contribution in [0, 0.1) is 5.92 Å². The molecule has 20 heavy (non-hydrogen) atoms. The molecule has 3 nitrogen and oxygen atoms in total. The van der Waals surface area contributed by atoms with Crippen LogP contribution in [0.15, 0.2) is 18.2 Å². The van der Waals surface area contributed by atoms with Crippen LogP contribution in [0.3, 0.4) is 0 Å². The Bertz CT molecular complexity index is 670. The predicted molar refractivity (Wildman–Crippen MR) is 79.3 cm³/mol. The van der Waals surface area contributed by atoms with E-state index >= 15 is 0 Å². The van der Waals surface area contributed by atoms with Crippen molar-refractivity contribution in [3.63, 3.8) is 0 Å². The molecular formula is C16H17NO2S. The predicted octanol–water partition coefficient (Wildman–Crippen LogP) is 4.14. The Morgan fingerprint density at radius 3 is 2.80 bits per heavy atom. The zero-order valence-corrected chi connectivity index (χ0v) is 12.0. The molecule has 104 valence electrons. The van der Waals surface area contributed by atoms with Crippen LogP contribution in [0.4, 0.5) is 0 Å². The van der Waals surface area contributed by atoms with Crippen LogP contribution < -0.4 is 0 Å². The van der Waals surface area contributed by atoms with E-state index in [0.29, 0.717) is 11.8 Å². The summed E-state index contributed by atoms with van der Waals surface area (Å²) in [4.78, 5) is 16.0. The summed E-state index contributed by atoms with van der Waals surface area (Å²) in [5.41, 5.74) is 2.23. The van der Waals surface area contributed by atoms with E-state index in [-0.39, 0.29) is 12.3 Å². The molecule has 4 heteroatoms. The van der Waals surface area contributed by atoms with Crippen molar-refractivity contribution in [2.45, 2.75) is 43.9 Å². The fourth-order valence-corrected chi connectivity index (χ4v) is 4.18. The van der Waals surface area contributed by atoms with E-state index in [1.54, 1.807) is 11.3 Å². The van der Waals surface area contributed by atoms with Gasteiger partial charge in [0, 0.05) is 5.92 Å². The van der Waals surface area contributed by atoms with E-state index < -0.39 is 5.97 Å². The Morgan fingerprint density at radius 1 is 1.35 bits per heavy atom. The molecule has 2 aromatic rings. The number of carboxylic acids is 1. The summed E-state index contributed by atoms with van der Waals surface area (Å²) in [5.74, 6) is 0.656. The lowest BCUT2D eigenvalue weighted by molar-refractivity contribution is -0.137.